The van der Waals surface area contributed by atoms with Gasteiger partial charge in [0.25, 0.3) is 0 Å². The fourth-order valence-electron chi connectivity index (χ4n) is 4.45. The van der Waals surface area contributed by atoms with Crippen LogP contribution in [0.4, 0.5) is 0 Å². The molecule has 0 unspecified atom stereocenters. The van der Waals surface area contributed by atoms with E-state index in [1.165, 1.54) is 33.3 Å². The summed E-state index contributed by atoms with van der Waals surface area (Å²) >= 11 is 0. The Bertz CT molecular complexity index is 1110. The molecule has 33 heavy (non-hydrogen) atoms. The Labute approximate surface area is 204 Å². The zero-order chi connectivity index (χ0) is 22.3. The van der Waals surface area contributed by atoms with Crippen molar-refractivity contribution < 1.29 is 0 Å². The van der Waals surface area contributed by atoms with Crippen LogP contribution in [0.5, 0.6) is 0 Å². The van der Waals surface area contributed by atoms with Crippen LogP contribution in [0, 0.1) is 19.3 Å². The van der Waals surface area contributed by atoms with Gasteiger partial charge in [0.15, 0.2) is 0 Å². The standard InChI is InChI=1S/C29H35N3.ClH/c1-23-13-17-25(18-14-23)9-5-7-21-31-27-11-3-4-12-28(27)32(29(31)30)22-8-6-10-26-19-15-24(2)16-20-26;/h3-4,11-20,30H,5-10,21-22H2,1-2H3;1H. The molecular formula is C29H36ClN3. The van der Waals surface area contributed by atoms with Gasteiger partial charge in [-0.1, -0.05) is 71.8 Å². The minimum absolute atomic E-state index is 0. The number of nitrogens with one attached hydrogen (secondary N) is 1. The molecule has 3 aromatic carbocycles. The highest BCUT2D eigenvalue weighted by atomic mass is 35.5. The predicted octanol–water partition coefficient (Wildman–Crippen LogP) is 7.01. The molecule has 4 aromatic rings. The Hall–Kier alpha value is -2.78. The molecule has 0 amide bonds. The van der Waals surface area contributed by atoms with Crippen molar-refractivity contribution in [2.75, 3.05) is 0 Å². The number of aromatic nitrogens is 2. The molecule has 0 atom stereocenters. The third-order valence-corrected chi connectivity index (χ3v) is 6.41. The van der Waals surface area contributed by atoms with Gasteiger partial charge in [-0.05, 0) is 75.6 Å². The average Bonchev–Trinajstić information content (AvgIpc) is 3.07. The summed E-state index contributed by atoms with van der Waals surface area (Å²) in [5.74, 6) is 0. The number of nitrogens with zero attached hydrogens (tertiary/aromatic N) is 2. The SMILES string of the molecule is Cc1ccc(CCCCn2c(=N)n(CCCCc3ccc(C)cc3)c3ccccc32)cc1.Cl. The van der Waals surface area contributed by atoms with Gasteiger partial charge in [-0.15, -0.1) is 12.4 Å². The molecule has 1 heterocycles. The van der Waals surface area contributed by atoms with Crippen molar-refractivity contribution >= 4 is 23.4 Å². The van der Waals surface area contributed by atoms with Crippen molar-refractivity contribution in [3.63, 3.8) is 0 Å². The number of aryl methyl sites for hydroxylation is 6. The lowest BCUT2D eigenvalue weighted by molar-refractivity contribution is 0.542. The van der Waals surface area contributed by atoms with E-state index < -0.39 is 0 Å². The van der Waals surface area contributed by atoms with Crippen molar-refractivity contribution in [2.45, 2.75) is 65.5 Å². The van der Waals surface area contributed by atoms with Gasteiger partial charge >= 0.3 is 0 Å². The monoisotopic (exact) mass is 461 g/mol. The van der Waals surface area contributed by atoms with E-state index in [2.05, 4.69) is 95.8 Å². The fourth-order valence-corrected chi connectivity index (χ4v) is 4.45. The minimum Gasteiger partial charge on any atom is -0.310 e. The zero-order valence-corrected chi connectivity index (χ0v) is 20.7. The molecule has 0 bridgehead atoms. The normalized spacial score (nSPS) is 11.0. The van der Waals surface area contributed by atoms with Crippen LogP contribution < -0.4 is 5.62 Å². The second-order valence-corrected chi connectivity index (χ2v) is 9.00. The van der Waals surface area contributed by atoms with E-state index in [9.17, 15) is 0 Å². The number of fused-ring (bicyclic) bond motifs is 1. The third-order valence-electron chi connectivity index (χ3n) is 6.41. The minimum atomic E-state index is 0. The van der Waals surface area contributed by atoms with Gasteiger partial charge in [-0.2, -0.15) is 0 Å². The summed E-state index contributed by atoms with van der Waals surface area (Å²) in [4.78, 5) is 0. The van der Waals surface area contributed by atoms with Crippen LogP contribution >= 0.6 is 12.4 Å². The number of unbranched alkanes of at least 4 members (excludes halogenated alkanes) is 2. The number of halogens is 1. The van der Waals surface area contributed by atoms with E-state index in [4.69, 9.17) is 5.41 Å². The lowest BCUT2D eigenvalue weighted by atomic mass is 10.1. The Morgan fingerprint density at radius 3 is 1.36 bits per heavy atom. The second-order valence-electron chi connectivity index (χ2n) is 9.00. The number of hydrogen-bond donors (Lipinski definition) is 1. The molecule has 0 saturated heterocycles. The molecule has 3 nitrogen and oxygen atoms in total. The third kappa shape index (κ3) is 6.39. The quantitative estimate of drug-likeness (QED) is 0.246. The van der Waals surface area contributed by atoms with Gasteiger partial charge in [0, 0.05) is 13.1 Å². The van der Waals surface area contributed by atoms with E-state index in [0.717, 1.165) is 51.6 Å². The Morgan fingerprint density at radius 2 is 0.970 bits per heavy atom. The zero-order valence-electron chi connectivity index (χ0n) is 19.9. The number of rotatable bonds is 10. The Morgan fingerprint density at radius 1 is 0.576 bits per heavy atom. The van der Waals surface area contributed by atoms with Crippen molar-refractivity contribution in [3.05, 3.63) is 101 Å². The number of para-hydroxylation sites is 2. The van der Waals surface area contributed by atoms with Gasteiger partial charge in [-0.3, -0.25) is 5.41 Å². The van der Waals surface area contributed by atoms with Crippen LogP contribution in [0.25, 0.3) is 11.0 Å². The maximum Gasteiger partial charge on any atom is 0.202 e. The van der Waals surface area contributed by atoms with Crippen molar-refractivity contribution in [1.29, 1.82) is 5.41 Å². The van der Waals surface area contributed by atoms with Gasteiger partial charge in [-0.25, -0.2) is 0 Å². The summed E-state index contributed by atoms with van der Waals surface area (Å²) in [5, 5.41) is 8.85. The summed E-state index contributed by atoms with van der Waals surface area (Å²) < 4.78 is 4.40. The predicted molar refractivity (Wildman–Crippen MR) is 141 cm³/mol. The van der Waals surface area contributed by atoms with Gasteiger partial charge in [0.05, 0.1) is 11.0 Å². The van der Waals surface area contributed by atoms with Crippen LogP contribution in [0.15, 0.2) is 72.8 Å². The molecule has 1 aromatic heterocycles. The molecule has 4 rings (SSSR count). The highest BCUT2D eigenvalue weighted by molar-refractivity contribution is 5.85. The first-order valence-electron chi connectivity index (χ1n) is 12.0. The highest BCUT2D eigenvalue weighted by Gasteiger charge is 2.10. The molecule has 0 radical (unpaired) electrons. The maximum absolute atomic E-state index is 8.85. The number of benzene rings is 3. The van der Waals surface area contributed by atoms with Crippen molar-refractivity contribution in [2.24, 2.45) is 0 Å². The Balaban J connectivity index is 0.00000306. The summed E-state index contributed by atoms with van der Waals surface area (Å²) in [5.41, 5.74) is 8.45. The number of hydrogen-bond acceptors (Lipinski definition) is 1. The van der Waals surface area contributed by atoms with Crippen LogP contribution in [0.1, 0.15) is 47.9 Å². The van der Waals surface area contributed by atoms with Crippen molar-refractivity contribution in [1.82, 2.24) is 9.13 Å². The van der Waals surface area contributed by atoms with Crippen LogP contribution in [0.3, 0.4) is 0 Å². The average molecular weight is 462 g/mol. The summed E-state index contributed by atoms with van der Waals surface area (Å²) in [6.07, 6.45) is 6.67. The molecular weight excluding hydrogens is 426 g/mol. The fraction of sp³-hybridized carbons (Fsp3) is 0.345. The molecule has 0 aliphatic rings. The van der Waals surface area contributed by atoms with E-state index >= 15 is 0 Å². The lowest BCUT2D eigenvalue weighted by Gasteiger charge is -2.06. The molecule has 0 aliphatic heterocycles. The topological polar surface area (TPSA) is 33.7 Å². The smallest absolute Gasteiger partial charge is 0.202 e. The Kier molecular flexibility index (Phi) is 8.96. The second kappa shape index (κ2) is 11.9. The molecule has 0 aliphatic carbocycles. The van der Waals surface area contributed by atoms with E-state index in [0.29, 0.717) is 5.62 Å². The van der Waals surface area contributed by atoms with Crippen LogP contribution in [-0.4, -0.2) is 9.13 Å². The lowest BCUT2D eigenvalue weighted by Crippen LogP contribution is -2.25. The molecule has 4 heteroatoms. The van der Waals surface area contributed by atoms with Gasteiger partial charge < -0.3 is 9.13 Å². The maximum atomic E-state index is 8.85. The number of imidazole rings is 1. The van der Waals surface area contributed by atoms with Crippen LogP contribution in [0.2, 0.25) is 0 Å². The van der Waals surface area contributed by atoms with E-state index in [1.54, 1.807) is 0 Å². The largest absolute Gasteiger partial charge is 0.310 e. The highest BCUT2D eigenvalue weighted by Crippen LogP contribution is 2.16. The molecule has 1 N–H and O–H groups in total. The van der Waals surface area contributed by atoms with E-state index in [1.807, 2.05) is 0 Å². The summed E-state index contributed by atoms with van der Waals surface area (Å²) in [6.45, 7) is 6.08. The summed E-state index contributed by atoms with van der Waals surface area (Å²) in [6, 6.07) is 26.2. The first-order chi connectivity index (χ1) is 15.6. The van der Waals surface area contributed by atoms with Gasteiger partial charge in [0.2, 0.25) is 5.62 Å². The van der Waals surface area contributed by atoms with Crippen molar-refractivity contribution in [3.8, 4) is 0 Å². The van der Waals surface area contributed by atoms with Crippen LogP contribution in [-0.2, 0) is 25.9 Å². The summed E-state index contributed by atoms with van der Waals surface area (Å²) in [7, 11) is 0. The van der Waals surface area contributed by atoms with Gasteiger partial charge in [0.1, 0.15) is 0 Å². The first-order valence-corrected chi connectivity index (χ1v) is 12.0. The van der Waals surface area contributed by atoms with E-state index in [-0.39, 0.29) is 12.4 Å². The molecule has 0 saturated carbocycles. The first kappa shape index (κ1) is 24.9. The molecule has 0 spiro atoms. The molecule has 0 fully saturated rings. The molecule has 174 valence electrons.